The molecule has 0 N–H and O–H groups in total. The van der Waals surface area contributed by atoms with Crippen LogP contribution in [0.4, 0.5) is 0 Å². The van der Waals surface area contributed by atoms with Gasteiger partial charge in [-0.05, 0) is 6.07 Å². The molecule has 77 valence electrons. The number of fused-ring (bicyclic) bond motifs is 1. The van der Waals surface area contributed by atoms with Crippen LogP contribution in [-0.4, -0.2) is 0 Å². The summed E-state index contributed by atoms with van der Waals surface area (Å²) in [6.07, 6.45) is 0. The predicted molar refractivity (Wildman–Crippen MR) is 53.4 cm³/mol. The van der Waals surface area contributed by atoms with E-state index in [2.05, 4.69) is 9.40 Å². The molecule has 0 aliphatic rings. The molecule has 5 heteroatoms. The van der Waals surface area contributed by atoms with Crippen molar-refractivity contribution in [3.63, 3.8) is 0 Å². The fraction of sp³-hybridized carbons (Fsp3) is 0.200. The molecule has 0 aliphatic carbocycles. The number of nitrogens with zero attached hydrogens (tertiary/aromatic N) is 1. The Morgan fingerprint density at radius 3 is 2.40 bits per heavy atom. The van der Waals surface area contributed by atoms with Gasteiger partial charge in [-0.15, -0.1) is 5.52 Å². The van der Waals surface area contributed by atoms with Crippen molar-refractivity contribution in [2.24, 2.45) is 0 Å². The molecule has 1 aromatic heterocycles. The van der Waals surface area contributed by atoms with Gasteiger partial charge >= 0.3 is 5.63 Å². The normalized spacial score (nSPS) is 8.67. The number of benzene rings is 1. The molecule has 0 unspecified atom stereocenters. The van der Waals surface area contributed by atoms with E-state index in [0.717, 1.165) is 0 Å². The second-order valence-corrected chi connectivity index (χ2v) is 2.28. The topological polar surface area (TPSA) is 61.4 Å². The summed E-state index contributed by atoms with van der Waals surface area (Å²) in [4.78, 5) is 25.1. The molecule has 2 rings (SSSR count). The van der Waals surface area contributed by atoms with Crippen molar-refractivity contribution in [3.8, 4) is 0 Å². The molecular formula is C10H10NO3Y-. The van der Waals surface area contributed by atoms with Crippen LogP contribution < -0.4 is 16.4 Å². The summed E-state index contributed by atoms with van der Waals surface area (Å²) < 4.78 is 4.27. The number of para-hydroxylation sites is 1. The molecule has 15 heavy (non-hydrogen) atoms. The van der Waals surface area contributed by atoms with Crippen LogP contribution in [-0.2, 0) is 32.7 Å². The summed E-state index contributed by atoms with van der Waals surface area (Å²) in [7, 11) is 0. The molecule has 0 aliphatic heterocycles. The molecule has 0 atom stereocenters. The van der Waals surface area contributed by atoms with Gasteiger partial charge in [0.05, 0.1) is 0 Å². The maximum Gasteiger partial charge on any atom is 0.343 e. The maximum absolute atomic E-state index is 11.0. The van der Waals surface area contributed by atoms with Crippen molar-refractivity contribution in [3.05, 3.63) is 45.2 Å². The zero-order chi connectivity index (χ0) is 10.6. The minimum absolute atomic E-state index is 0. The van der Waals surface area contributed by atoms with E-state index in [1.165, 1.54) is 0 Å². The van der Waals surface area contributed by atoms with Gasteiger partial charge in [0, 0.05) is 38.1 Å². The van der Waals surface area contributed by atoms with Crippen LogP contribution in [0.3, 0.4) is 0 Å². The fourth-order valence-electron chi connectivity index (χ4n) is 0.999. The third-order valence-corrected chi connectivity index (χ3v) is 1.52. The Labute approximate surface area is 112 Å². The molecule has 0 bridgehead atoms. The Balaban J connectivity index is 0.000000617. The van der Waals surface area contributed by atoms with Crippen molar-refractivity contribution in [2.45, 2.75) is 13.8 Å². The molecule has 1 heterocycles. The zero-order valence-corrected chi connectivity index (χ0v) is 11.4. The summed E-state index contributed by atoms with van der Waals surface area (Å²) in [5.41, 5.74) is -0.260. The van der Waals surface area contributed by atoms with Gasteiger partial charge in [-0.3, -0.25) is 4.79 Å². The van der Waals surface area contributed by atoms with Gasteiger partial charge in [-0.2, -0.15) is 0 Å². The molecule has 1 radical (unpaired) electrons. The summed E-state index contributed by atoms with van der Waals surface area (Å²) in [5, 5.41) is 0.331. The Hall–Kier alpha value is -0.736. The van der Waals surface area contributed by atoms with Gasteiger partial charge in [0.25, 0.3) is 0 Å². The standard InChI is InChI=1S/C8H5NO3.C2H6.Y/c10-7-5-3-1-2-4-6(5)9-8(11)12-7;1-2;/h1-4H,(H,9,10,11);1-2H3;/p-1. The Morgan fingerprint density at radius 2 is 1.73 bits per heavy atom. The third-order valence-electron chi connectivity index (χ3n) is 1.52. The van der Waals surface area contributed by atoms with E-state index in [0.29, 0.717) is 10.9 Å². The molecule has 0 saturated heterocycles. The zero-order valence-electron chi connectivity index (χ0n) is 8.56. The summed E-state index contributed by atoms with van der Waals surface area (Å²) in [6, 6.07) is 6.54. The van der Waals surface area contributed by atoms with E-state index in [4.69, 9.17) is 0 Å². The first-order valence-corrected chi connectivity index (χ1v) is 4.34. The number of hydrogen-bond donors (Lipinski definition) is 0. The molecule has 4 nitrogen and oxygen atoms in total. The Bertz CT molecular complexity index is 530. The van der Waals surface area contributed by atoms with E-state index in [1.807, 2.05) is 13.8 Å². The number of hydrogen-bond acceptors (Lipinski definition) is 3. The van der Waals surface area contributed by atoms with Crippen LogP contribution >= 0.6 is 0 Å². The third kappa shape index (κ3) is 3.40. The van der Waals surface area contributed by atoms with Crippen LogP contribution in [0.1, 0.15) is 13.8 Å². The molecule has 0 amide bonds. The number of rotatable bonds is 0. The van der Waals surface area contributed by atoms with E-state index in [-0.39, 0.29) is 32.7 Å². The van der Waals surface area contributed by atoms with Crippen molar-refractivity contribution in [1.29, 1.82) is 0 Å². The van der Waals surface area contributed by atoms with Gasteiger partial charge in [0.1, 0.15) is 0 Å². The predicted octanol–water partition coefficient (Wildman–Crippen LogP) is 1.13. The summed E-state index contributed by atoms with van der Waals surface area (Å²) >= 11 is 0. The fourth-order valence-corrected chi connectivity index (χ4v) is 0.999. The smallest absolute Gasteiger partial charge is 0.343 e. The first kappa shape index (κ1) is 14.3. The molecule has 1 aromatic carbocycles. The average molecular weight is 281 g/mol. The molecule has 2 aromatic rings. The second kappa shape index (κ2) is 6.69. The summed E-state index contributed by atoms with van der Waals surface area (Å²) in [6.45, 7) is 4.00. The van der Waals surface area contributed by atoms with Gasteiger partial charge in [-0.1, -0.05) is 32.0 Å². The van der Waals surface area contributed by atoms with E-state index < -0.39 is 11.4 Å². The quantitative estimate of drug-likeness (QED) is 0.726. The SMILES string of the molecule is CC.O=c1[n-]c2ccccc2c(=O)o1.[Y]. The van der Waals surface area contributed by atoms with Crippen LogP contribution in [0.25, 0.3) is 10.9 Å². The van der Waals surface area contributed by atoms with Crippen LogP contribution in [0, 0.1) is 0 Å². The first-order chi connectivity index (χ1) is 6.77. The molecule has 0 fully saturated rings. The first-order valence-electron chi connectivity index (χ1n) is 4.34. The van der Waals surface area contributed by atoms with Crippen molar-refractivity contribution < 1.29 is 37.1 Å². The van der Waals surface area contributed by atoms with Gasteiger partial charge in [0.2, 0.25) is 5.76 Å². The van der Waals surface area contributed by atoms with E-state index in [1.54, 1.807) is 24.3 Å². The van der Waals surface area contributed by atoms with Gasteiger partial charge < -0.3 is 9.40 Å². The van der Waals surface area contributed by atoms with Crippen LogP contribution in [0.2, 0.25) is 0 Å². The van der Waals surface area contributed by atoms with Crippen molar-refractivity contribution in [1.82, 2.24) is 4.98 Å². The van der Waals surface area contributed by atoms with E-state index >= 15 is 0 Å². The number of aromatic nitrogens is 1. The van der Waals surface area contributed by atoms with Gasteiger partial charge in [0.15, 0.2) is 0 Å². The Kier molecular flexibility index (Phi) is 6.36. The van der Waals surface area contributed by atoms with Crippen molar-refractivity contribution >= 4 is 10.9 Å². The Morgan fingerprint density at radius 1 is 1.13 bits per heavy atom. The second-order valence-electron chi connectivity index (χ2n) is 2.28. The van der Waals surface area contributed by atoms with Crippen LogP contribution in [0.15, 0.2) is 38.3 Å². The average Bonchev–Trinajstić information content (AvgIpc) is 2.20. The summed E-state index contributed by atoms with van der Waals surface area (Å²) in [5.74, 6) is -0.848. The minimum atomic E-state index is -0.848. The minimum Gasteiger partial charge on any atom is -0.590 e. The molecule has 0 saturated carbocycles. The molecular weight excluding hydrogens is 271 g/mol. The molecule has 0 spiro atoms. The van der Waals surface area contributed by atoms with E-state index in [9.17, 15) is 9.59 Å². The van der Waals surface area contributed by atoms with Gasteiger partial charge in [-0.25, -0.2) is 4.79 Å². The van der Waals surface area contributed by atoms with Crippen molar-refractivity contribution in [2.75, 3.05) is 0 Å². The van der Waals surface area contributed by atoms with Crippen LogP contribution in [0.5, 0.6) is 0 Å². The maximum atomic E-state index is 11.0. The monoisotopic (exact) mass is 281 g/mol. The largest absolute Gasteiger partial charge is 0.590 e.